The third kappa shape index (κ3) is 3.90. The number of carbonyl (C=O) groups is 2. The standard InChI is InChI=1S/C26H17NO5S/c1-15-2-4-17(5-3-15)24(30)25-23(20-11-10-19(29)12-21(20)33-25)16-6-8-18(9-7-16)26-27-22(13-31-26)32-14-28/h2-14,29H,1H3. The van der Waals surface area contributed by atoms with E-state index in [0.29, 0.717) is 21.9 Å². The highest BCUT2D eigenvalue weighted by Gasteiger charge is 2.21. The van der Waals surface area contributed by atoms with Crippen LogP contribution in [0, 0.1) is 6.92 Å². The zero-order valence-electron chi connectivity index (χ0n) is 17.4. The van der Waals surface area contributed by atoms with Gasteiger partial charge in [0.05, 0.1) is 4.88 Å². The van der Waals surface area contributed by atoms with Crippen molar-refractivity contribution in [3.05, 3.63) is 89.0 Å². The molecule has 0 unspecified atom stereocenters. The van der Waals surface area contributed by atoms with Gasteiger partial charge < -0.3 is 14.3 Å². The fourth-order valence-electron chi connectivity index (χ4n) is 3.64. The Morgan fingerprint density at radius 1 is 1.03 bits per heavy atom. The van der Waals surface area contributed by atoms with Crippen LogP contribution in [-0.4, -0.2) is 22.3 Å². The summed E-state index contributed by atoms with van der Waals surface area (Å²) in [5.41, 5.74) is 4.04. The van der Waals surface area contributed by atoms with Crippen molar-refractivity contribution in [1.29, 1.82) is 0 Å². The van der Waals surface area contributed by atoms with Gasteiger partial charge in [-0.25, -0.2) is 0 Å². The third-order valence-electron chi connectivity index (χ3n) is 5.27. The Morgan fingerprint density at radius 3 is 2.48 bits per heavy atom. The summed E-state index contributed by atoms with van der Waals surface area (Å²) in [6, 6.07) is 20.0. The number of aromatic nitrogens is 1. The molecule has 0 saturated carbocycles. The molecule has 0 atom stereocenters. The lowest BCUT2D eigenvalue weighted by Gasteiger charge is -2.06. The molecule has 0 spiro atoms. The number of benzene rings is 3. The zero-order valence-corrected chi connectivity index (χ0v) is 18.3. The molecule has 5 rings (SSSR count). The molecule has 162 valence electrons. The van der Waals surface area contributed by atoms with Crippen LogP contribution in [0.2, 0.25) is 0 Å². The average molecular weight is 455 g/mol. The van der Waals surface area contributed by atoms with Crippen molar-refractivity contribution in [2.45, 2.75) is 6.92 Å². The van der Waals surface area contributed by atoms with E-state index in [1.165, 1.54) is 17.6 Å². The van der Waals surface area contributed by atoms with Gasteiger partial charge in [-0.3, -0.25) is 9.59 Å². The second-order valence-electron chi connectivity index (χ2n) is 7.46. The number of hydrogen-bond donors (Lipinski definition) is 1. The topological polar surface area (TPSA) is 89.6 Å². The number of rotatable bonds is 6. The third-order valence-corrected chi connectivity index (χ3v) is 6.42. The maximum absolute atomic E-state index is 13.4. The lowest BCUT2D eigenvalue weighted by molar-refractivity contribution is -0.120. The van der Waals surface area contributed by atoms with Gasteiger partial charge >= 0.3 is 0 Å². The van der Waals surface area contributed by atoms with Crippen LogP contribution in [0.5, 0.6) is 11.6 Å². The summed E-state index contributed by atoms with van der Waals surface area (Å²) in [5.74, 6) is 0.475. The van der Waals surface area contributed by atoms with Crippen LogP contribution in [0.15, 0.2) is 77.4 Å². The Balaban J connectivity index is 1.60. The number of aryl methyl sites for hydroxylation is 1. The predicted molar refractivity (Wildman–Crippen MR) is 126 cm³/mol. The summed E-state index contributed by atoms with van der Waals surface area (Å²) in [6.45, 7) is 2.27. The Morgan fingerprint density at radius 2 is 1.76 bits per heavy atom. The average Bonchev–Trinajstić information content (AvgIpc) is 3.44. The monoisotopic (exact) mass is 455 g/mol. The van der Waals surface area contributed by atoms with Gasteiger partial charge in [0.2, 0.25) is 11.7 Å². The molecule has 2 aromatic heterocycles. The molecule has 0 fully saturated rings. The van der Waals surface area contributed by atoms with E-state index >= 15 is 0 Å². The minimum atomic E-state index is -0.0712. The predicted octanol–water partition coefficient (Wildman–Crippen LogP) is 6.00. The van der Waals surface area contributed by atoms with Crippen LogP contribution in [0.4, 0.5) is 0 Å². The molecule has 33 heavy (non-hydrogen) atoms. The number of oxazole rings is 1. The molecule has 2 heterocycles. The molecule has 0 aliphatic heterocycles. The van der Waals surface area contributed by atoms with Crippen molar-refractivity contribution in [2.24, 2.45) is 0 Å². The van der Waals surface area contributed by atoms with Gasteiger partial charge in [-0.2, -0.15) is 4.98 Å². The van der Waals surface area contributed by atoms with Crippen molar-refractivity contribution in [3.8, 4) is 34.2 Å². The molecule has 6 nitrogen and oxygen atoms in total. The first-order valence-electron chi connectivity index (χ1n) is 10.1. The largest absolute Gasteiger partial charge is 0.508 e. The fraction of sp³-hybridized carbons (Fsp3) is 0.0385. The van der Waals surface area contributed by atoms with E-state index in [1.54, 1.807) is 12.1 Å². The summed E-state index contributed by atoms with van der Waals surface area (Å²) < 4.78 is 10.9. The van der Waals surface area contributed by atoms with E-state index in [1.807, 2.05) is 61.5 Å². The van der Waals surface area contributed by atoms with E-state index in [9.17, 15) is 14.7 Å². The van der Waals surface area contributed by atoms with Crippen molar-refractivity contribution in [2.75, 3.05) is 0 Å². The lowest BCUT2D eigenvalue weighted by atomic mass is 9.97. The molecular formula is C26H17NO5S. The summed E-state index contributed by atoms with van der Waals surface area (Å²) in [7, 11) is 0. The van der Waals surface area contributed by atoms with E-state index < -0.39 is 0 Å². The summed E-state index contributed by atoms with van der Waals surface area (Å²) in [5, 5.41) is 10.8. The van der Waals surface area contributed by atoms with Gasteiger partial charge in [-0.05, 0) is 42.8 Å². The van der Waals surface area contributed by atoms with Gasteiger partial charge in [0.15, 0.2) is 6.26 Å². The molecule has 1 N–H and O–H groups in total. The highest BCUT2D eigenvalue weighted by Crippen LogP contribution is 2.41. The normalized spacial score (nSPS) is 10.9. The van der Waals surface area contributed by atoms with Gasteiger partial charge in [0, 0.05) is 26.8 Å². The number of phenols is 1. The second-order valence-corrected chi connectivity index (χ2v) is 8.52. The highest BCUT2D eigenvalue weighted by molar-refractivity contribution is 7.21. The number of fused-ring (bicyclic) bond motifs is 1. The van der Waals surface area contributed by atoms with E-state index in [-0.39, 0.29) is 23.9 Å². The van der Waals surface area contributed by atoms with Gasteiger partial charge in [0.1, 0.15) is 5.75 Å². The van der Waals surface area contributed by atoms with Crippen molar-refractivity contribution in [3.63, 3.8) is 0 Å². The van der Waals surface area contributed by atoms with Crippen LogP contribution in [0.1, 0.15) is 20.8 Å². The van der Waals surface area contributed by atoms with Gasteiger partial charge in [-0.15, -0.1) is 11.3 Å². The van der Waals surface area contributed by atoms with E-state index in [0.717, 1.165) is 26.8 Å². The number of ketones is 1. The molecule has 0 radical (unpaired) electrons. The number of ether oxygens (including phenoxy) is 1. The van der Waals surface area contributed by atoms with Crippen molar-refractivity contribution >= 4 is 33.7 Å². The highest BCUT2D eigenvalue weighted by atomic mass is 32.1. The molecular weight excluding hydrogens is 438 g/mol. The SMILES string of the molecule is Cc1ccc(C(=O)c2sc3cc(O)ccc3c2-c2ccc(-c3nc(OC=O)co3)cc2)cc1. The molecule has 0 bridgehead atoms. The minimum absolute atomic E-state index is 0.0712. The number of nitrogens with zero attached hydrogens (tertiary/aromatic N) is 1. The first-order chi connectivity index (χ1) is 16.0. The maximum Gasteiger partial charge on any atom is 0.299 e. The second kappa shape index (κ2) is 8.37. The summed E-state index contributed by atoms with van der Waals surface area (Å²) in [6.07, 6.45) is 1.26. The van der Waals surface area contributed by atoms with Crippen LogP contribution >= 0.6 is 11.3 Å². The fourth-order valence-corrected chi connectivity index (χ4v) is 4.86. The Hall–Kier alpha value is -4.23. The Bertz CT molecular complexity index is 1480. The van der Waals surface area contributed by atoms with Gasteiger partial charge in [-0.1, -0.05) is 42.0 Å². The molecule has 0 aliphatic carbocycles. The van der Waals surface area contributed by atoms with Crippen molar-refractivity contribution < 1.29 is 23.8 Å². The van der Waals surface area contributed by atoms with Crippen molar-refractivity contribution in [1.82, 2.24) is 4.98 Å². The van der Waals surface area contributed by atoms with Crippen LogP contribution in [0.25, 0.3) is 32.7 Å². The minimum Gasteiger partial charge on any atom is -0.508 e. The Kier molecular flexibility index (Phi) is 5.24. The molecule has 0 amide bonds. The van der Waals surface area contributed by atoms with Crippen LogP contribution in [0.3, 0.4) is 0 Å². The smallest absolute Gasteiger partial charge is 0.299 e. The quantitative estimate of drug-likeness (QED) is 0.249. The number of aromatic hydroxyl groups is 1. The molecule has 7 heteroatoms. The first kappa shape index (κ1) is 20.7. The number of carbonyl (C=O) groups excluding carboxylic acids is 2. The van der Waals surface area contributed by atoms with E-state index in [2.05, 4.69) is 4.98 Å². The molecule has 5 aromatic rings. The number of thiophene rings is 1. The van der Waals surface area contributed by atoms with E-state index in [4.69, 9.17) is 9.15 Å². The van der Waals surface area contributed by atoms with Crippen LogP contribution < -0.4 is 4.74 Å². The maximum atomic E-state index is 13.4. The molecule has 0 saturated heterocycles. The zero-order chi connectivity index (χ0) is 22.9. The first-order valence-corrected chi connectivity index (χ1v) is 10.9. The summed E-state index contributed by atoms with van der Waals surface area (Å²) in [4.78, 5) is 28.6. The number of hydrogen-bond acceptors (Lipinski definition) is 7. The van der Waals surface area contributed by atoms with Gasteiger partial charge in [0.25, 0.3) is 12.4 Å². The Labute approximate surface area is 192 Å². The van der Waals surface area contributed by atoms with Crippen LogP contribution in [-0.2, 0) is 4.79 Å². The number of phenolic OH excluding ortho intramolecular Hbond substituents is 1. The lowest BCUT2D eigenvalue weighted by Crippen LogP contribution is -2.00. The molecule has 0 aliphatic rings. The molecule has 3 aromatic carbocycles. The summed E-state index contributed by atoms with van der Waals surface area (Å²) >= 11 is 1.36.